The summed E-state index contributed by atoms with van der Waals surface area (Å²) in [7, 11) is 1.30. The number of aromatic nitrogens is 6. The highest BCUT2D eigenvalue weighted by Gasteiger charge is 2.20. The molecule has 1 aromatic carbocycles. The average molecular weight is 382 g/mol. The van der Waals surface area contributed by atoms with Gasteiger partial charge in [0.1, 0.15) is 22.1 Å². The lowest BCUT2D eigenvalue weighted by atomic mass is 10.2. The molecule has 3 aromatic heterocycles. The van der Waals surface area contributed by atoms with Gasteiger partial charge in [0.15, 0.2) is 0 Å². The van der Waals surface area contributed by atoms with Gasteiger partial charge < -0.3 is 9.72 Å². The summed E-state index contributed by atoms with van der Waals surface area (Å²) < 4.78 is 4.76. The van der Waals surface area contributed by atoms with E-state index in [1.54, 1.807) is 6.92 Å². The standard InChI is InChI=1S/C17H14N6O3S/c1-9-12-15(24)18-11(19-16(12)27-13(9)17(25)26-2)8-23-21-14(20-22-23)10-6-4-3-5-7-10/h3-7H,8H2,1-2H3,(H,18,19,24). The third kappa shape index (κ3) is 3.10. The minimum Gasteiger partial charge on any atom is -0.465 e. The third-order valence-electron chi connectivity index (χ3n) is 4.00. The number of aromatic amines is 1. The highest BCUT2D eigenvalue weighted by atomic mass is 32.1. The number of fused-ring (bicyclic) bond motifs is 1. The molecule has 3 heterocycles. The van der Waals surface area contributed by atoms with Crippen molar-refractivity contribution in [2.75, 3.05) is 7.11 Å². The zero-order valence-electron chi connectivity index (χ0n) is 14.5. The second kappa shape index (κ2) is 6.72. The van der Waals surface area contributed by atoms with E-state index in [1.165, 1.54) is 11.9 Å². The first-order chi connectivity index (χ1) is 13.1. The lowest BCUT2D eigenvalue weighted by Crippen LogP contribution is -2.15. The quantitative estimate of drug-likeness (QED) is 0.535. The van der Waals surface area contributed by atoms with E-state index in [1.807, 2.05) is 30.3 Å². The Morgan fingerprint density at radius 3 is 2.81 bits per heavy atom. The highest BCUT2D eigenvalue weighted by Crippen LogP contribution is 2.27. The number of methoxy groups -OCH3 is 1. The Morgan fingerprint density at radius 1 is 1.30 bits per heavy atom. The average Bonchev–Trinajstić information content (AvgIpc) is 3.27. The molecule has 10 heteroatoms. The largest absolute Gasteiger partial charge is 0.465 e. The van der Waals surface area contributed by atoms with E-state index in [-0.39, 0.29) is 12.1 Å². The summed E-state index contributed by atoms with van der Waals surface area (Å²) in [5.74, 6) is 0.378. The fraction of sp³-hybridized carbons (Fsp3) is 0.176. The van der Waals surface area contributed by atoms with Gasteiger partial charge in [0.2, 0.25) is 5.82 Å². The van der Waals surface area contributed by atoms with Crippen LogP contribution in [0.1, 0.15) is 21.1 Å². The van der Waals surface area contributed by atoms with Gasteiger partial charge in [0.25, 0.3) is 5.56 Å². The summed E-state index contributed by atoms with van der Waals surface area (Å²) in [4.78, 5) is 33.6. The Kier molecular flexibility index (Phi) is 4.24. The van der Waals surface area contributed by atoms with Crippen LogP contribution in [0.4, 0.5) is 0 Å². The zero-order chi connectivity index (χ0) is 19.0. The van der Waals surface area contributed by atoms with E-state index < -0.39 is 5.97 Å². The molecule has 27 heavy (non-hydrogen) atoms. The number of rotatable bonds is 4. The van der Waals surface area contributed by atoms with Crippen molar-refractivity contribution in [1.82, 2.24) is 30.2 Å². The molecule has 0 aliphatic heterocycles. The Labute approximate surface area is 156 Å². The number of tetrazole rings is 1. The van der Waals surface area contributed by atoms with E-state index in [4.69, 9.17) is 4.74 Å². The first-order valence-corrected chi connectivity index (χ1v) is 8.82. The Bertz CT molecular complexity index is 1190. The summed E-state index contributed by atoms with van der Waals surface area (Å²) in [6, 6.07) is 9.46. The number of nitrogens with one attached hydrogen (secondary N) is 1. The molecule has 9 nitrogen and oxygen atoms in total. The van der Waals surface area contributed by atoms with Crippen molar-refractivity contribution in [3.8, 4) is 11.4 Å². The van der Waals surface area contributed by atoms with Crippen LogP contribution in [0.3, 0.4) is 0 Å². The van der Waals surface area contributed by atoms with Gasteiger partial charge in [-0.1, -0.05) is 30.3 Å². The topological polar surface area (TPSA) is 116 Å². The number of benzene rings is 1. The van der Waals surface area contributed by atoms with Gasteiger partial charge >= 0.3 is 5.97 Å². The van der Waals surface area contributed by atoms with Gasteiger partial charge in [0.05, 0.1) is 12.5 Å². The van der Waals surface area contributed by atoms with Gasteiger partial charge in [-0.2, -0.15) is 4.80 Å². The molecule has 0 amide bonds. The van der Waals surface area contributed by atoms with Gasteiger partial charge in [-0.05, 0) is 17.7 Å². The molecular formula is C17H14N6O3S. The molecule has 0 spiro atoms. The van der Waals surface area contributed by atoms with E-state index in [0.717, 1.165) is 16.9 Å². The maximum Gasteiger partial charge on any atom is 0.348 e. The van der Waals surface area contributed by atoms with E-state index in [2.05, 4.69) is 25.4 Å². The number of hydrogen-bond acceptors (Lipinski definition) is 8. The number of carbonyl (C=O) groups excluding carboxylic acids is 1. The number of esters is 1. The molecule has 4 aromatic rings. The maximum atomic E-state index is 12.5. The van der Waals surface area contributed by atoms with Gasteiger partial charge in [0, 0.05) is 5.56 Å². The molecule has 0 aliphatic carbocycles. The van der Waals surface area contributed by atoms with Crippen LogP contribution in [0.5, 0.6) is 0 Å². The van der Waals surface area contributed by atoms with E-state index in [0.29, 0.717) is 32.3 Å². The summed E-state index contributed by atoms with van der Waals surface area (Å²) in [6.45, 7) is 1.85. The smallest absolute Gasteiger partial charge is 0.348 e. The van der Waals surface area contributed by atoms with Crippen LogP contribution in [-0.4, -0.2) is 43.3 Å². The van der Waals surface area contributed by atoms with Crippen molar-refractivity contribution in [3.05, 3.63) is 57.0 Å². The third-order valence-corrected chi connectivity index (χ3v) is 5.16. The molecule has 1 N–H and O–H groups in total. The highest BCUT2D eigenvalue weighted by molar-refractivity contribution is 7.20. The normalized spacial score (nSPS) is 11.0. The molecule has 4 rings (SSSR count). The number of ether oxygens (including phenoxy) is 1. The molecule has 0 saturated carbocycles. The van der Waals surface area contributed by atoms with Crippen molar-refractivity contribution in [2.24, 2.45) is 0 Å². The van der Waals surface area contributed by atoms with Crippen LogP contribution < -0.4 is 5.56 Å². The minimum absolute atomic E-state index is 0.148. The Hall–Kier alpha value is -3.40. The number of H-pyrrole nitrogens is 1. The molecule has 136 valence electrons. The van der Waals surface area contributed by atoms with Crippen molar-refractivity contribution in [2.45, 2.75) is 13.5 Å². The molecule has 0 saturated heterocycles. The monoisotopic (exact) mass is 382 g/mol. The fourth-order valence-corrected chi connectivity index (χ4v) is 3.82. The van der Waals surface area contributed by atoms with Crippen LogP contribution in [-0.2, 0) is 11.3 Å². The fourth-order valence-electron chi connectivity index (χ4n) is 2.70. The van der Waals surface area contributed by atoms with Crippen LogP contribution in [0.15, 0.2) is 35.1 Å². The van der Waals surface area contributed by atoms with Crippen molar-refractivity contribution < 1.29 is 9.53 Å². The molecule has 0 radical (unpaired) electrons. The van der Waals surface area contributed by atoms with Crippen molar-refractivity contribution in [1.29, 1.82) is 0 Å². The number of aryl methyl sites for hydroxylation is 1. The minimum atomic E-state index is -0.484. The lowest BCUT2D eigenvalue weighted by molar-refractivity contribution is 0.0605. The first kappa shape index (κ1) is 17.0. The number of carbonyl (C=O) groups is 1. The van der Waals surface area contributed by atoms with Gasteiger partial charge in [-0.25, -0.2) is 9.78 Å². The predicted molar refractivity (Wildman–Crippen MR) is 98.7 cm³/mol. The van der Waals surface area contributed by atoms with Crippen LogP contribution in [0.25, 0.3) is 21.6 Å². The lowest BCUT2D eigenvalue weighted by Gasteiger charge is -1.99. The van der Waals surface area contributed by atoms with Gasteiger partial charge in [-0.15, -0.1) is 21.5 Å². The second-order valence-electron chi connectivity index (χ2n) is 5.75. The van der Waals surface area contributed by atoms with Crippen LogP contribution in [0.2, 0.25) is 0 Å². The maximum absolute atomic E-state index is 12.5. The molecule has 0 fully saturated rings. The van der Waals surface area contributed by atoms with E-state index in [9.17, 15) is 9.59 Å². The Morgan fingerprint density at radius 2 is 2.07 bits per heavy atom. The molecular weight excluding hydrogens is 368 g/mol. The first-order valence-electron chi connectivity index (χ1n) is 8.00. The number of nitrogens with zero attached hydrogens (tertiary/aromatic N) is 5. The van der Waals surface area contributed by atoms with Crippen molar-refractivity contribution >= 4 is 27.5 Å². The predicted octanol–water partition coefficient (Wildman–Crippen LogP) is 1.78. The second-order valence-corrected chi connectivity index (χ2v) is 6.75. The van der Waals surface area contributed by atoms with Crippen molar-refractivity contribution in [3.63, 3.8) is 0 Å². The van der Waals surface area contributed by atoms with Gasteiger partial charge in [-0.3, -0.25) is 4.79 Å². The SMILES string of the molecule is COC(=O)c1sc2nc(Cn3nnc(-c4ccccc4)n3)[nH]c(=O)c2c1C. The summed E-state index contributed by atoms with van der Waals surface area (Å²) >= 11 is 1.13. The summed E-state index contributed by atoms with van der Waals surface area (Å²) in [5.41, 5.74) is 1.09. The number of hydrogen-bond donors (Lipinski definition) is 1. The molecule has 0 unspecified atom stereocenters. The van der Waals surface area contributed by atoms with E-state index >= 15 is 0 Å². The molecule has 0 aliphatic rings. The number of thiophene rings is 1. The zero-order valence-corrected chi connectivity index (χ0v) is 15.3. The Balaban J connectivity index is 1.68. The van der Waals surface area contributed by atoms with Crippen LogP contribution >= 0.6 is 11.3 Å². The summed E-state index contributed by atoms with van der Waals surface area (Å²) in [6.07, 6.45) is 0. The van der Waals surface area contributed by atoms with Crippen LogP contribution in [0, 0.1) is 6.92 Å². The molecule has 0 bridgehead atoms. The summed E-state index contributed by atoms with van der Waals surface area (Å²) in [5, 5.41) is 12.7. The molecule has 0 atom stereocenters.